The van der Waals surface area contributed by atoms with Gasteiger partial charge >= 0.3 is 0 Å². The van der Waals surface area contributed by atoms with Crippen LogP contribution >= 0.6 is 0 Å². The van der Waals surface area contributed by atoms with Crippen molar-refractivity contribution >= 4 is 5.96 Å². The van der Waals surface area contributed by atoms with Crippen LogP contribution in [-0.2, 0) is 13.0 Å². The van der Waals surface area contributed by atoms with E-state index >= 15 is 0 Å². The summed E-state index contributed by atoms with van der Waals surface area (Å²) in [5.74, 6) is 3.79. The molecule has 2 N–H and O–H groups in total. The highest BCUT2D eigenvalue weighted by Crippen LogP contribution is 2.28. The molecule has 158 valence electrons. The molecule has 0 atom stereocenters. The normalized spacial score (nSPS) is 11.0. The monoisotopic (exact) mass is 401 g/mol. The zero-order valence-corrected chi connectivity index (χ0v) is 17.9. The topological polar surface area (TPSA) is 73.3 Å². The lowest BCUT2D eigenvalue weighted by atomic mass is 10.1. The summed E-state index contributed by atoms with van der Waals surface area (Å²) in [4.78, 5) is 4.28. The van der Waals surface area contributed by atoms with E-state index in [0.717, 1.165) is 53.9 Å². The zero-order chi connectivity index (χ0) is 21.1. The molecule has 0 saturated heterocycles. The minimum absolute atomic E-state index is 0.600. The van der Waals surface area contributed by atoms with Crippen molar-refractivity contribution in [1.82, 2.24) is 10.6 Å². The van der Waals surface area contributed by atoms with E-state index in [1.165, 1.54) is 5.56 Å². The Bertz CT molecular complexity index is 809. The van der Waals surface area contributed by atoms with Crippen molar-refractivity contribution in [3.8, 4) is 23.0 Å². The van der Waals surface area contributed by atoms with Gasteiger partial charge in [-0.25, -0.2) is 0 Å². The number of methoxy groups -OCH3 is 4. The molecule has 7 heteroatoms. The van der Waals surface area contributed by atoms with E-state index in [1.54, 1.807) is 35.5 Å². The number of ether oxygens (including phenoxy) is 4. The van der Waals surface area contributed by atoms with Gasteiger partial charge < -0.3 is 29.6 Å². The fourth-order valence-corrected chi connectivity index (χ4v) is 2.93. The predicted molar refractivity (Wildman–Crippen MR) is 116 cm³/mol. The van der Waals surface area contributed by atoms with Gasteiger partial charge in [0.25, 0.3) is 0 Å². The third-order valence-corrected chi connectivity index (χ3v) is 4.55. The molecule has 0 aromatic heterocycles. The Kier molecular flexibility index (Phi) is 8.95. The van der Waals surface area contributed by atoms with E-state index in [9.17, 15) is 0 Å². The second-order valence-electron chi connectivity index (χ2n) is 6.32. The van der Waals surface area contributed by atoms with Gasteiger partial charge in [0.15, 0.2) is 17.5 Å². The van der Waals surface area contributed by atoms with E-state index in [2.05, 4.69) is 21.7 Å². The molecule has 0 unspecified atom stereocenters. The molecule has 0 fully saturated rings. The number of rotatable bonds is 10. The predicted octanol–water partition coefficient (Wildman–Crippen LogP) is 3.02. The highest BCUT2D eigenvalue weighted by Gasteiger charge is 2.07. The van der Waals surface area contributed by atoms with E-state index < -0.39 is 0 Å². The van der Waals surface area contributed by atoms with Crippen LogP contribution in [0.1, 0.15) is 17.5 Å². The Balaban J connectivity index is 1.81. The van der Waals surface area contributed by atoms with Crippen LogP contribution in [-0.4, -0.2) is 48.0 Å². The third-order valence-electron chi connectivity index (χ3n) is 4.55. The molecule has 7 nitrogen and oxygen atoms in total. The average molecular weight is 402 g/mol. The van der Waals surface area contributed by atoms with E-state index in [0.29, 0.717) is 6.54 Å². The SMILES string of the molecule is CN=C(NCCCc1ccc(OC)c(OC)c1)NCc1ccc(OC)cc1OC. The highest BCUT2D eigenvalue weighted by atomic mass is 16.5. The van der Waals surface area contributed by atoms with Crippen LogP contribution < -0.4 is 29.6 Å². The summed E-state index contributed by atoms with van der Waals surface area (Å²) in [6.45, 7) is 1.40. The minimum atomic E-state index is 0.600. The van der Waals surface area contributed by atoms with Gasteiger partial charge in [-0.2, -0.15) is 0 Å². The minimum Gasteiger partial charge on any atom is -0.497 e. The number of benzene rings is 2. The molecule has 0 heterocycles. The standard InChI is InChI=1S/C22H31N3O4/c1-23-22(25-15-17-9-10-18(26-2)14-20(17)28-4)24-12-6-7-16-8-11-19(27-3)21(13-16)29-5/h8-11,13-14H,6-7,12,15H2,1-5H3,(H2,23,24,25). The Morgan fingerprint density at radius 3 is 2.24 bits per heavy atom. The van der Waals surface area contributed by atoms with Gasteiger partial charge in [-0.05, 0) is 42.7 Å². The lowest BCUT2D eigenvalue weighted by molar-refractivity contribution is 0.354. The van der Waals surface area contributed by atoms with Crippen LogP contribution in [0.15, 0.2) is 41.4 Å². The average Bonchev–Trinajstić information content (AvgIpc) is 2.78. The van der Waals surface area contributed by atoms with Gasteiger partial charge in [-0.3, -0.25) is 4.99 Å². The summed E-state index contributed by atoms with van der Waals surface area (Å²) in [6.07, 6.45) is 1.89. The Morgan fingerprint density at radius 1 is 0.828 bits per heavy atom. The van der Waals surface area contributed by atoms with Crippen molar-refractivity contribution in [3.05, 3.63) is 47.5 Å². The number of nitrogens with zero attached hydrogens (tertiary/aromatic N) is 1. The van der Waals surface area contributed by atoms with Crippen molar-refractivity contribution in [2.45, 2.75) is 19.4 Å². The molecule has 2 aromatic rings. The molecule has 0 amide bonds. The Morgan fingerprint density at radius 2 is 1.59 bits per heavy atom. The van der Waals surface area contributed by atoms with Gasteiger partial charge in [0.2, 0.25) is 0 Å². The van der Waals surface area contributed by atoms with Gasteiger partial charge in [-0.15, -0.1) is 0 Å². The lowest BCUT2D eigenvalue weighted by Crippen LogP contribution is -2.37. The smallest absolute Gasteiger partial charge is 0.191 e. The number of aliphatic imine (C=N–C) groups is 1. The van der Waals surface area contributed by atoms with E-state index in [-0.39, 0.29) is 0 Å². The lowest BCUT2D eigenvalue weighted by Gasteiger charge is -2.14. The van der Waals surface area contributed by atoms with Crippen molar-refractivity contribution in [2.75, 3.05) is 42.0 Å². The molecule has 0 spiro atoms. The first-order valence-corrected chi connectivity index (χ1v) is 9.51. The molecular weight excluding hydrogens is 370 g/mol. The van der Waals surface area contributed by atoms with Crippen LogP contribution in [0.4, 0.5) is 0 Å². The number of hydrogen-bond donors (Lipinski definition) is 2. The van der Waals surface area contributed by atoms with E-state index in [4.69, 9.17) is 18.9 Å². The van der Waals surface area contributed by atoms with Crippen molar-refractivity contribution < 1.29 is 18.9 Å². The molecule has 2 rings (SSSR count). The fourth-order valence-electron chi connectivity index (χ4n) is 2.93. The molecule has 0 radical (unpaired) electrons. The molecule has 29 heavy (non-hydrogen) atoms. The van der Waals surface area contributed by atoms with Gasteiger partial charge in [0.1, 0.15) is 11.5 Å². The Labute approximate surface area is 173 Å². The summed E-state index contributed by atoms with van der Waals surface area (Å²) >= 11 is 0. The number of hydrogen-bond acceptors (Lipinski definition) is 5. The quantitative estimate of drug-likeness (QED) is 0.362. The molecular formula is C22H31N3O4. The second-order valence-corrected chi connectivity index (χ2v) is 6.32. The maximum Gasteiger partial charge on any atom is 0.191 e. The zero-order valence-electron chi connectivity index (χ0n) is 17.9. The van der Waals surface area contributed by atoms with Crippen LogP contribution in [0.3, 0.4) is 0 Å². The third kappa shape index (κ3) is 6.48. The molecule has 0 aliphatic carbocycles. The van der Waals surface area contributed by atoms with Crippen molar-refractivity contribution in [2.24, 2.45) is 4.99 Å². The van der Waals surface area contributed by atoms with Gasteiger partial charge in [-0.1, -0.05) is 6.07 Å². The summed E-state index contributed by atoms with van der Waals surface area (Å²) in [5.41, 5.74) is 2.23. The molecule has 0 saturated carbocycles. The van der Waals surface area contributed by atoms with Crippen LogP contribution in [0.25, 0.3) is 0 Å². The number of nitrogens with one attached hydrogen (secondary N) is 2. The summed E-state index contributed by atoms with van der Waals surface area (Å²) in [6, 6.07) is 11.8. The Hall–Kier alpha value is -3.09. The van der Waals surface area contributed by atoms with Crippen molar-refractivity contribution in [1.29, 1.82) is 0 Å². The summed E-state index contributed by atoms with van der Waals surface area (Å²) in [5, 5.41) is 6.65. The highest BCUT2D eigenvalue weighted by molar-refractivity contribution is 5.79. The molecule has 0 aliphatic rings. The maximum atomic E-state index is 5.44. The molecule has 2 aromatic carbocycles. The maximum absolute atomic E-state index is 5.44. The molecule has 0 aliphatic heterocycles. The van der Waals surface area contributed by atoms with Crippen LogP contribution in [0, 0.1) is 0 Å². The second kappa shape index (κ2) is 11.7. The van der Waals surface area contributed by atoms with Crippen LogP contribution in [0.5, 0.6) is 23.0 Å². The summed E-state index contributed by atoms with van der Waals surface area (Å²) in [7, 11) is 8.34. The summed E-state index contributed by atoms with van der Waals surface area (Å²) < 4.78 is 21.3. The van der Waals surface area contributed by atoms with Crippen LogP contribution in [0.2, 0.25) is 0 Å². The first-order valence-electron chi connectivity index (χ1n) is 9.51. The number of guanidine groups is 1. The van der Waals surface area contributed by atoms with Crippen molar-refractivity contribution in [3.63, 3.8) is 0 Å². The van der Waals surface area contributed by atoms with Gasteiger partial charge in [0.05, 0.1) is 28.4 Å². The number of aryl methyl sites for hydroxylation is 1. The molecule has 0 bridgehead atoms. The fraction of sp³-hybridized carbons (Fsp3) is 0.409. The first kappa shape index (κ1) is 22.2. The first-order chi connectivity index (χ1) is 14.1. The van der Waals surface area contributed by atoms with Gasteiger partial charge in [0, 0.05) is 31.8 Å². The van der Waals surface area contributed by atoms with E-state index in [1.807, 2.05) is 30.3 Å². The largest absolute Gasteiger partial charge is 0.497 e.